The lowest BCUT2D eigenvalue weighted by atomic mass is 10.3. The first-order valence-corrected chi connectivity index (χ1v) is 8.51. The van der Waals surface area contributed by atoms with Crippen molar-refractivity contribution in [3.05, 3.63) is 9.81 Å². The molecule has 4 nitrogen and oxygen atoms in total. The van der Waals surface area contributed by atoms with Crippen molar-refractivity contribution in [1.82, 2.24) is 0 Å². The van der Waals surface area contributed by atoms with E-state index < -0.39 is 11.9 Å². The minimum atomic E-state index is -0.551. The number of rotatable bonds is 8. The van der Waals surface area contributed by atoms with Gasteiger partial charge >= 0.3 is 11.9 Å². The van der Waals surface area contributed by atoms with Gasteiger partial charge in [0.2, 0.25) is 0 Å². The SMILES string of the molecule is CCCCOC(=O)C(C(=O)OCCCC)=C1SCS1. The first kappa shape index (κ1) is 16.4. The van der Waals surface area contributed by atoms with Crippen LogP contribution < -0.4 is 0 Å². The molecule has 0 amide bonds. The van der Waals surface area contributed by atoms with Gasteiger partial charge in [-0.2, -0.15) is 0 Å². The number of hydrogen-bond donors (Lipinski definition) is 0. The van der Waals surface area contributed by atoms with Crippen LogP contribution in [0.15, 0.2) is 9.81 Å². The Morgan fingerprint density at radius 2 is 1.47 bits per heavy atom. The number of hydrogen-bond acceptors (Lipinski definition) is 6. The van der Waals surface area contributed by atoms with E-state index in [1.165, 1.54) is 23.5 Å². The van der Waals surface area contributed by atoms with Crippen LogP contribution in [0, 0.1) is 0 Å². The maximum absolute atomic E-state index is 11.9. The maximum Gasteiger partial charge on any atom is 0.347 e. The summed E-state index contributed by atoms with van der Waals surface area (Å²) in [6.07, 6.45) is 3.51. The lowest BCUT2D eigenvalue weighted by Gasteiger charge is -2.18. The van der Waals surface area contributed by atoms with Crippen LogP contribution in [-0.4, -0.2) is 30.2 Å². The summed E-state index contributed by atoms with van der Waals surface area (Å²) < 4.78 is 10.9. The summed E-state index contributed by atoms with van der Waals surface area (Å²) in [5.41, 5.74) is 0.0773. The number of carbonyl (C=O) groups is 2. The molecule has 0 radical (unpaired) electrons. The molecule has 0 spiro atoms. The second kappa shape index (κ2) is 9.31. The van der Waals surface area contributed by atoms with Crippen LogP contribution in [0.25, 0.3) is 0 Å². The Morgan fingerprint density at radius 3 is 1.79 bits per heavy atom. The van der Waals surface area contributed by atoms with E-state index in [0.717, 1.165) is 35.0 Å². The molecule has 1 saturated heterocycles. The third-order valence-corrected chi connectivity index (χ3v) is 5.04. The predicted octanol–water partition coefficient (Wildman–Crippen LogP) is 3.32. The molecule has 1 fully saturated rings. The van der Waals surface area contributed by atoms with Crippen LogP contribution in [0.5, 0.6) is 0 Å². The van der Waals surface area contributed by atoms with Crippen molar-refractivity contribution in [3.63, 3.8) is 0 Å². The summed E-state index contributed by atoms with van der Waals surface area (Å²) in [7, 11) is 0. The quantitative estimate of drug-likeness (QED) is 0.225. The molecule has 1 aliphatic heterocycles. The highest BCUT2D eigenvalue weighted by Crippen LogP contribution is 2.45. The Morgan fingerprint density at radius 1 is 1.00 bits per heavy atom. The highest BCUT2D eigenvalue weighted by molar-refractivity contribution is 8.37. The lowest BCUT2D eigenvalue weighted by molar-refractivity contribution is -0.147. The first-order valence-electron chi connectivity index (χ1n) is 6.54. The topological polar surface area (TPSA) is 52.6 Å². The molecular weight excluding hydrogens is 284 g/mol. The Labute approximate surface area is 122 Å². The van der Waals surface area contributed by atoms with Crippen molar-refractivity contribution in [1.29, 1.82) is 0 Å². The molecule has 6 heteroatoms. The highest BCUT2D eigenvalue weighted by atomic mass is 32.3. The average molecular weight is 304 g/mol. The number of thioether (sulfide) groups is 2. The molecule has 0 saturated carbocycles. The van der Waals surface area contributed by atoms with Crippen molar-refractivity contribution in [2.75, 3.05) is 18.3 Å². The number of unbranched alkanes of at least 4 members (excludes halogenated alkanes) is 2. The third-order valence-electron chi connectivity index (χ3n) is 2.45. The molecule has 1 rings (SSSR count). The van der Waals surface area contributed by atoms with E-state index in [2.05, 4.69) is 0 Å². The molecule has 0 unspecified atom stereocenters. The molecule has 1 aliphatic rings. The molecule has 0 atom stereocenters. The Bertz CT molecular complexity index is 323. The van der Waals surface area contributed by atoms with Gasteiger partial charge in [-0.25, -0.2) is 9.59 Å². The summed E-state index contributed by atoms with van der Waals surface area (Å²) in [4.78, 5) is 23.8. The van der Waals surface area contributed by atoms with E-state index in [9.17, 15) is 9.59 Å². The summed E-state index contributed by atoms with van der Waals surface area (Å²) in [5, 5.41) is 0.864. The lowest BCUT2D eigenvalue weighted by Crippen LogP contribution is -2.21. The second-order valence-electron chi connectivity index (χ2n) is 4.05. The van der Waals surface area contributed by atoms with E-state index >= 15 is 0 Å². The molecule has 0 aromatic heterocycles. The van der Waals surface area contributed by atoms with E-state index in [0.29, 0.717) is 13.2 Å². The van der Waals surface area contributed by atoms with Gasteiger partial charge in [0.05, 0.1) is 17.5 Å². The van der Waals surface area contributed by atoms with Crippen LogP contribution in [0.4, 0.5) is 0 Å². The number of carbonyl (C=O) groups excluding carboxylic acids is 2. The average Bonchev–Trinajstić information content (AvgIpc) is 2.33. The maximum atomic E-state index is 11.9. The van der Waals surface area contributed by atoms with Crippen LogP contribution in [0.2, 0.25) is 0 Å². The third kappa shape index (κ3) is 5.48. The van der Waals surface area contributed by atoms with Crippen molar-refractivity contribution >= 4 is 35.5 Å². The van der Waals surface area contributed by atoms with E-state index in [1.807, 2.05) is 13.8 Å². The molecule has 19 heavy (non-hydrogen) atoms. The van der Waals surface area contributed by atoms with Crippen LogP contribution >= 0.6 is 23.5 Å². The first-order chi connectivity index (χ1) is 9.20. The molecular formula is C13H20O4S2. The normalized spacial score (nSPS) is 13.7. The standard InChI is InChI=1S/C13H20O4S2/c1-3-5-7-16-11(14)10(13-18-9-19-13)12(15)17-8-6-4-2/h3-9H2,1-2H3. The summed E-state index contributed by atoms with van der Waals surface area (Å²) in [5.74, 6) is -1.10. The van der Waals surface area contributed by atoms with Gasteiger partial charge in [0.1, 0.15) is 0 Å². The van der Waals surface area contributed by atoms with Gasteiger partial charge in [0.25, 0.3) is 0 Å². The summed E-state index contributed by atoms with van der Waals surface area (Å²) >= 11 is 2.98. The van der Waals surface area contributed by atoms with E-state index in [1.54, 1.807) is 0 Å². The second-order valence-corrected chi connectivity index (χ2v) is 6.64. The molecule has 108 valence electrons. The fourth-order valence-corrected chi connectivity index (χ4v) is 2.84. The van der Waals surface area contributed by atoms with Gasteiger partial charge in [-0.15, -0.1) is 23.5 Å². The fraction of sp³-hybridized carbons (Fsp3) is 0.692. The van der Waals surface area contributed by atoms with Gasteiger partial charge < -0.3 is 9.47 Å². The molecule has 0 aromatic rings. The Hall–Kier alpha value is -0.620. The molecule has 0 N–H and O–H groups in total. The van der Waals surface area contributed by atoms with Crippen molar-refractivity contribution < 1.29 is 19.1 Å². The number of esters is 2. The summed E-state index contributed by atoms with van der Waals surface area (Å²) in [6, 6.07) is 0. The van der Waals surface area contributed by atoms with Crippen molar-refractivity contribution in [2.45, 2.75) is 39.5 Å². The zero-order chi connectivity index (χ0) is 14.1. The van der Waals surface area contributed by atoms with Crippen LogP contribution in [0.3, 0.4) is 0 Å². The minimum Gasteiger partial charge on any atom is -0.462 e. The zero-order valence-corrected chi connectivity index (χ0v) is 13.0. The van der Waals surface area contributed by atoms with Gasteiger partial charge in [0.15, 0.2) is 5.57 Å². The monoisotopic (exact) mass is 304 g/mol. The molecule has 1 heterocycles. The molecule has 0 aromatic carbocycles. The predicted molar refractivity (Wildman–Crippen MR) is 78.8 cm³/mol. The van der Waals surface area contributed by atoms with Gasteiger partial charge in [-0.05, 0) is 12.8 Å². The largest absolute Gasteiger partial charge is 0.462 e. The fourth-order valence-electron chi connectivity index (χ4n) is 1.27. The molecule has 0 bridgehead atoms. The van der Waals surface area contributed by atoms with Crippen molar-refractivity contribution in [3.8, 4) is 0 Å². The van der Waals surface area contributed by atoms with Gasteiger partial charge in [-0.3, -0.25) is 0 Å². The zero-order valence-electron chi connectivity index (χ0n) is 11.4. The number of ether oxygens (including phenoxy) is 2. The summed E-state index contributed by atoms with van der Waals surface area (Å²) in [6.45, 7) is 4.74. The highest BCUT2D eigenvalue weighted by Gasteiger charge is 2.30. The van der Waals surface area contributed by atoms with Crippen LogP contribution in [-0.2, 0) is 19.1 Å². The van der Waals surface area contributed by atoms with E-state index in [-0.39, 0.29) is 5.57 Å². The Balaban J connectivity index is 2.57. The molecule has 0 aliphatic carbocycles. The van der Waals surface area contributed by atoms with Crippen LogP contribution in [0.1, 0.15) is 39.5 Å². The van der Waals surface area contributed by atoms with Gasteiger partial charge in [-0.1, -0.05) is 26.7 Å². The smallest absolute Gasteiger partial charge is 0.347 e. The van der Waals surface area contributed by atoms with Crippen molar-refractivity contribution in [2.24, 2.45) is 0 Å². The van der Waals surface area contributed by atoms with E-state index in [4.69, 9.17) is 9.47 Å². The Kier molecular flexibility index (Phi) is 8.05. The van der Waals surface area contributed by atoms with Gasteiger partial charge in [0, 0.05) is 5.08 Å². The minimum absolute atomic E-state index is 0.0773.